The third-order valence-corrected chi connectivity index (χ3v) is 6.57. The van der Waals surface area contributed by atoms with Crippen molar-refractivity contribution in [3.63, 3.8) is 0 Å². The fourth-order valence-electron chi connectivity index (χ4n) is 4.36. The van der Waals surface area contributed by atoms with E-state index in [1.165, 1.54) is 0 Å². The molecule has 1 heterocycles. The first kappa shape index (κ1) is 23.0. The van der Waals surface area contributed by atoms with E-state index in [4.69, 9.17) is 0 Å². The molecule has 0 bridgehead atoms. The molecular formula is C26H26BrN3O3. The lowest BCUT2D eigenvalue weighted by Gasteiger charge is -2.29. The number of hydrogen-bond acceptors (Lipinski definition) is 3. The first-order chi connectivity index (χ1) is 15.9. The lowest BCUT2D eigenvalue weighted by atomic mass is 10.1. The van der Waals surface area contributed by atoms with Crippen molar-refractivity contribution in [3.8, 4) is 0 Å². The summed E-state index contributed by atoms with van der Waals surface area (Å²) in [6.45, 7) is 2.51. The van der Waals surface area contributed by atoms with Gasteiger partial charge >= 0.3 is 0 Å². The van der Waals surface area contributed by atoms with E-state index in [0.717, 1.165) is 26.5 Å². The molecule has 1 aliphatic heterocycles. The van der Waals surface area contributed by atoms with Crippen LogP contribution in [0.15, 0.2) is 65.1 Å². The molecule has 3 aromatic carbocycles. The highest BCUT2D eigenvalue weighted by atomic mass is 79.9. The van der Waals surface area contributed by atoms with Crippen LogP contribution in [0.3, 0.4) is 0 Å². The Morgan fingerprint density at radius 1 is 1.09 bits per heavy atom. The average Bonchev–Trinajstić information content (AvgIpc) is 3.09. The van der Waals surface area contributed by atoms with Crippen LogP contribution in [-0.4, -0.2) is 42.3 Å². The molecule has 0 aliphatic carbocycles. The van der Waals surface area contributed by atoms with Gasteiger partial charge in [-0.1, -0.05) is 52.3 Å². The Bertz CT molecular complexity index is 1220. The van der Waals surface area contributed by atoms with Crippen LogP contribution in [0.25, 0.3) is 10.8 Å². The van der Waals surface area contributed by atoms with Crippen molar-refractivity contribution in [2.45, 2.75) is 32.4 Å². The van der Waals surface area contributed by atoms with Crippen LogP contribution in [-0.2, 0) is 16.1 Å². The Kier molecular flexibility index (Phi) is 6.79. The predicted molar refractivity (Wildman–Crippen MR) is 133 cm³/mol. The van der Waals surface area contributed by atoms with Gasteiger partial charge in [0, 0.05) is 42.0 Å². The van der Waals surface area contributed by atoms with Crippen LogP contribution in [0.4, 0.5) is 5.69 Å². The Morgan fingerprint density at radius 3 is 2.55 bits per heavy atom. The highest BCUT2D eigenvalue weighted by molar-refractivity contribution is 9.10. The van der Waals surface area contributed by atoms with Crippen LogP contribution in [0.2, 0.25) is 0 Å². The first-order valence-corrected chi connectivity index (χ1v) is 11.8. The summed E-state index contributed by atoms with van der Waals surface area (Å²) < 4.78 is 0.918. The lowest BCUT2D eigenvalue weighted by Crippen LogP contribution is -2.46. The number of rotatable bonds is 8. The molecule has 6 nitrogen and oxygen atoms in total. The lowest BCUT2D eigenvalue weighted by molar-refractivity contribution is -0.140. The van der Waals surface area contributed by atoms with Crippen LogP contribution in [0, 0.1) is 0 Å². The molecule has 0 fully saturated rings. The second-order valence-corrected chi connectivity index (χ2v) is 9.10. The van der Waals surface area contributed by atoms with Crippen LogP contribution < -0.4 is 10.2 Å². The molecule has 3 amide bonds. The smallest absolute Gasteiger partial charge is 0.258 e. The molecule has 4 rings (SSSR count). The quantitative estimate of drug-likeness (QED) is 0.487. The van der Waals surface area contributed by atoms with Gasteiger partial charge in [0.1, 0.15) is 6.04 Å². The topological polar surface area (TPSA) is 69.7 Å². The molecule has 170 valence electrons. The summed E-state index contributed by atoms with van der Waals surface area (Å²) in [4.78, 5) is 41.8. The highest BCUT2D eigenvalue weighted by Crippen LogP contribution is 2.37. The second-order valence-electron chi connectivity index (χ2n) is 8.18. The standard InChI is InChI=1S/C26H26BrN3O3/c1-17(25(32)28-2)30(16-18-7-3-10-20(27)15-18)23(31)13-6-14-29-22-12-5-9-19-8-4-11-21(24(19)22)26(29)33/h3-5,7-12,15,17H,6,13-14,16H2,1-2H3,(H,28,32). The first-order valence-electron chi connectivity index (χ1n) is 11.0. The zero-order valence-electron chi connectivity index (χ0n) is 18.7. The molecular weight excluding hydrogens is 482 g/mol. The number of benzene rings is 3. The summed E-state index contributed by atoms with van der Waals surface area (Å²) in [6.07, 6.45) is 0.746. The van der Waals surface area contributed by atoms with Crippen LogP contribution >= 0.6 is 15.9 Å². The van der Waals surface area contributed by atoms with E-state index in [1.807, 2.05) is 60.7 Å². The van der Waals surface area contributed by atoms with E-state index in [9.17, 15) is 14.4 Å². The number of carbonyl (C=O) groups is 3. The molecule has 0 aromatic heterocycles. The number of amides is 3. The van der Waals surface area contributed by atoms with Gasteiger partial charge in [0.2, 0.25) is 11.8 Å². The fourth-order valence-corrected chi connectivity index (χ4v) is 4.80. The van der Waals surface area contributed by atoms with Gasteiger partial charge in [-0.3, -0.25) is 14.4 Å². The number of anilines is 1. The number of halogens is 1. The largest absolute Gasteiger partial charge is 0.357 e. The van der Waals surface area contributed by atoms with Crippen LogP contribution in [0.1, 0.15) is 35.7 Å². The summed E-state index contributed by atoms with van der Waals surface area (Å²) in [5.74, 6) is -0.359. The van der Waals surface area contributed by atoms with Crippen molar-refractivity contribution in [2.24, 2.45) is 0 Å². The van der Waals surface area contributed by atoms with Gasteiger partial charge in [-0.2, -0.15) is 0 Å². The zero-order valence-corrected chi connectivity index (χ0v) is 20.3. The van der Waals surface area contributed by atoms with Crippen LogP contribution in [0.5, 0.6) is 0 Å². The van der Waals surface area contributed by atoms with Gasteiger partial charge in [0.05, 0.1) is 5.69 Å². The van der Waals surface area contributed by atoms with E-state index < -0.39 is 6.04 Å². The van der Waals surface area contributed by atoms with Crippen molar-refractivity contribution >= 4 is 50.1 Å². The summed E-state index contributed by atoms with van der Waals surface area (Å²) in [5.41, 5.74) is 2.54. The summed E-state index contributed by atoms with van der Waals surface area (Å²) in [5, 5.41) is 4.64. The maximum atomic E-state index is 13.2. The third kappa shape index (κ3) is 4.64. The van der Waals surface area contributed by atoms with E-state index >= 15 is 0 Å². The fraction of sp³-hybridized carbons (Fsp3) is 0.269. The van der Waals surface area contributed by atoms with E-state index in [1.54, 1.807) is 23.8 Å². The molecule has 7 heteroatoms. The molecule has 1 atom stereocenters. The molecule has 33 heavy (non-hydrogen) atoms. The number of nitrogens with one attached hydrogen (secondary N) is 1. The molecule has 1 aliphatic rings. The molecule has 0 radical (unpaired) electrons. The predicted octanol–water partition coefficient (Wildman–Crippen LogP) is 4.51. The van der Waals surface area contributed by atoms with E-state index in [2.05, 4.69) is 21.2 Å². The Balaban J connectivity index is 1.46. The summed E-state index contributed by atoms with van der Waals surface area (Å²) in [7, 11) is 1.57. The van der Waals surface area contributed by atoms with Gasteiger partial charge in [0.15, 0.2) is 0 Å². The van der Waals surface area contributed by atoms with Gasteiger partial charge in [0.25, 0.3) is 5.91 Å². The molecule has 0 saturated carbocycles. The van der Waals surface area contributed by atoms with Gasteiger partial charge < -0.3 is 15.1 Å². The minimum Gasteiger partial charge on any atom is -0.357 e. The monoisotopic (exact) mass is 507 g/mol. The van der Waals surface area contributed by atoms with Gasteiger partial charge in [-0.15, -0.1) is 0 Å². The molecule has 0 saturated heterocycles. The van der Waals surface area contributed by atoms with Crippen molar-refractivity contribution in [3.05, 3.63) is 76.3 Å². The minimum absolute atomic E-state index is 0.0287. The number of carbonyl (C=O) groups excluding carboxylic acids is 3. The normalized spacial score (nSPS) is 13.3. The SMILES string of the molecule is CNC(=O)C(C)N(Cc1cccc(Br)c1)C(=O)CCCN1C(=O)c2cccc3cccc1c23. The maximum absolute atomic E-state index is 13.2. The number of likely N-dealkylation sites (N-methyl/N-ethyl adjacent to an activating group) is 1. The summed E-state index contributed by atoms with van der Waals surface area (Å²) in [6, 6.07) is 18.7. The van der Waals surface area contributed by atoms with Crippen molar-refractivity contribution in [1.29, 1.82) is 0 Å². The summed E-state index contributed by atoms with van der Waals surface area (Å²) >= 11 is 3.46. The van der Waals surface area contributed by atoms with Crippen molar-refractivity contribution in [1.82, 2.24) is 10.2 Å². The second kappa shape index (κ2) is 9.75. The van der Waals surface area contributed by atoms with E-state index in [0.29, 0.717) is 25.1 Å². The maximum Gasteiger partial charge on any atom is 0.258 e. The molecule has 1 unspecified atom stereocenters. The van der Waals surface area contributed by atoms with Crippen molar-refractivity contribution in [2.75, 3.05) is 18.5 Å². The third-order valence-electron chi connectivity index (χ3n) is 6.08. The number of hydrogen-bond donors (Lipinski definition) is 1. The molecule has 1 N–H and O–H groups in total. The number of nitrogens with zero attached hydrogens (tertiary/aromatic N) is 2. The van der Waals surface area contributed by atoms with E-state index in [-0.39, 0.29) is 24.1 Å². The van der Waals surface area contributed by atoms with Gasteiger partial charge in [-0.05, 0) is 48.6 Å². The van der Waals surface area contributed by atoms with Gasteiger partial charge in [-0.25, -0.2) is 0 Å². The molecule has 0 spiro atoms. The Labute approximate surface area is 201 Å². The average molecular weight is 508 g/mol. The Morgan fingerprint density at radius 2 is 1.82 bits per heavy atom. The minimum atomic E-state index is -0.604. The zero-order chi connectivity index (χ0) is 23.5. The molecule has 3 aromatic rings. The Hall–Kier alpha value is -3.19. The highest BCUT2D eigenvalue weighted by Gasteiger charge is 2.30. The van der Waals surface area contributed by atoms with Crippen molar-refractivity contribution < 1.29 is 14.4 Å².